The first-order valence-corrected chi connectivity index (χ1v) is 21.0. The Kier molecular flexibility index (Phi) is 13.3. The zero-order chi connectivity index (χ0) is 46.4. The highest BCUT2D eigenvalue weighted by Gasteiger charge is 2.78. The summed E-state index contributed by atoms with van der Waals surface area (Å²) in [6.07, 6.45) is -11.1. The first-order chi connectivity index (χ1) is 29.5. The minimum atomic E-state index is -2.44. The average Bonchev–Trinajstić information content (AvgIpc) is 3.23. The molecule has 2 aromatic rings. The SMILES string of the molecule is CC=C(C)C(=O)NC(c1ccccc1)C(O)C(=O)OC1CC2(O)C(OC(=O)c3ccccc3)C3C4(OC(C)=O)COC4CC(O)C3(C)C(=O)C(OC(=O)CC(C)O)C(=C1C)C2(C)C. The first-order valence-electron chi connectivity index (χ1n) is 21.0. The predicted molar refractivity (Wildman–Crippen MR) is 222 cm³/mol. The number of ether oxygens (including phenoxy) is 5. The molecule has 340 valence electrons. The van der Waals surface area contributed by atoms with Crippen molar-refractivity contribution in [3.05, 3.63) is 94.6 Å². The minimum absolute atomic E-state index is 0.0502. The van der Waals surface area contributed by atoms with Crippen molar-refractivity contribution in [2.45, 2.75) is 135 Å². The summed E-state index contributed by atoms with van der Waals surface area (Å²) in [5.41, 5.74) is -7.33. The highest BCUT2D eigenvalue weighted by Crippen LogP contribution is 2.64. The van der Waals surface area contributed by atoms with Gasteiger partial charge in [-0.05, 0) is 63.5 Å². The van der Waals surface area contributed by atoms with Crippen LogP contribution < -0.4 is 5.32 Å². The summed E-state index contributed by atoms with van der Waals surface area (Å²) in [5.74, 6) is -7.13. The number of nitrogens with one attached hydrogen (secondary N) is 1. The van der Waals surface area contributed by atoms with Gasteiger partial charge in [0.15, 0.2) is 23.6 Å². The lowest BCUT2D eigenvalue weighted by molar-refractivity contribution is -0.346. The number of aliphatic hydroxyl groups excluding tert-OH is 3. The molecular weight excluding hydrogens is 819 g/mol. The number of ketones is 1. The molecule has 6 rings (SSSR count). The molecule has 16 nitrogen and oxygen atoms in total. The highest BCUT2D eigenvalue weighted by molar-refractivity contribution is 5.96. The standard InChI is InChI=1S/C47H57NO15/c1-9-24(2)41(55)48-35(28-16-12-10-13-17-28)36(53)43(57)60-30-22-47(58)40(62-42(56)29-18-14-11-15-19-29)38-45(8,31(51)21-32-46(38,23-59-32)63-27(5)50)39(54)37(61-33(52)20-25(3)49)34(26(30)4)44(47,6)7/h9-19,25,30-32,35-38,40,49,51,53,58H,20-23H2,1-8H3,(H,48,55). The maximum Gasteiger partial charge on any atom is 0.338 e. The van der Waals surface area contributed by atoms with Crippen molar-refractivity contribution in [3.8, 4) is 0 Å². The third-order valence-corrected chi connectivity index (χ3v) is 13.7. The molecule has 16 heteroatoms. The second kappa shape index (κ2) is 17.7. The van der Waals surface area contributed by atoms with Gasteiger partial charge in [0.05, 0.1) is 48.2 Å². The molecule has 1 saturated heterocycles. The van der Waals surface area contributed by atoms with Gasteiger partial charge in [-0.2, -0.15) is 0 Å². The van der Waals surface area contributed by atoms with Crippen molar-refractivity contribution >= 4 is 35.6 Å². The Bertz CT molecular complexity index is 2190. The Morgan fingerprint density at radius 1 is 0.952 bits per heavy atom. The summed E-state index contributed by atoms with van der Waals surface area (Å²) in [6, 6.07) is 14.7. The van der Waals surface area contributed by atoms with Crippen LogP contribution in [-0.4, -0.2) is 117 Å². The van der Waals surface area contributed by atoms with Crippen LogP contribution in [0.3, 0.4) is 0 Å². The summed E-state index contributed by atoms with van der Waals surface area (Å²) in [4.78, 5) is 84.0. The van der Waals surface area contributed by atoms with Crippen LogP contribution in [0.1, 0.15) is 96.6 Å². The number of Topliss-reactive ketones (excluding diaryl/α,β-unsaturated/α-hetero) is 1. The number of hydrogen-bond acceptors (Lipinski definition) is 15. The summed E-state index contributed by atoms with van der Waals surface area (Å²) in [6.45, 7) is 11.3. The molecular formula is C47H57NO15. The van der Waals surface area contributed by atoms with Crippen LogP contribution in [0.5, 0.6) is 0 Å². The van der Waals surface area contributed by atoms with Gasteiger partial charge in [-0.1, -0.05) is 68.5 Å². The Labute approximate surface area is 365 Å². The Morgan fingerprint density at radius 2 is 1.57 bits per heavy atom. The number of aliphatic hydroxyl groups is 4. The number of amides is 1. The molecule has 1 heterocycles. The van der Waals surface area contributed by atoms with Gasteiger partial charge in [0, 0.05) is 30.8 Å². The van der Waals surface area contributed by atoms with Gasteiger partial charge in [0.25, 0.3) is 0 Å². The molecule has 0 spiro atoms. The van der Waals surface area contributed by atoms with Crippen molar-refractivity contribution < 1.29 is 72.9 Å². The van der Waals surface area contributed by atoms with E-state index in [1.54, 1.807) is 68.5 Å². The predicted octanol–water partition coefficient (Wildman–Crippen LogP) is 3.14. The molecule has 12 unspecified atom stereocenters. The van der Waals surface area contributed by atoms with Crippen molar-refractivity contribution in [1.82, 2.24) is 5.32 Å². The summed E-state index contributed by atoms with van der Waals surface area (Å²) in [7, 11) is 0. The van der Waals surface area contributed by atoms with E-state index in [4.69, 9.17) is 23.7 Å². The molecule has 0 aromatic heterocycles. The zero-order valence-corrected chi connectivity index (χ0v) is 36.7. The summed E-state index contributed by atoms with van der Waals surface area (Å²) < 4.78 is 30.4. The molecule has 3 fully saturated rings. The number of carbonyl (C=O) groups is 6. The third-order valence-electron chi connectivity index (χ3n) is 13.7. The number of benzene rings is 2. The van der Waals surface area contributed by atoms with Crippen LogP contribution in [0.15, 0.2) is 83.5 Å². The molecule has 1 aliphatic heterocycles. The largest absolute Gasteiger partial charge is 0.456 e. The second-order valence-electron chi connectivity index (χ2n) is 17.9. The van der Waals surface area contributed by atoms with Gasteiger partial charge >= 0.3 is 23.9 Å². The van der Waals surface area contributed by atoms with E-state index >= 15 is 4.79 Å². The zero-order valence-electron chi connectivity index (χ0n) is 36.7. The number of esters is 4. The molecule has 2 bridgehead atoms. The maximum atomic E-state index is 15.7. The molecule has 1 amide bonds. The molecule has 12 atom stereocenters. The van der Waals surface area contributed by atoms with Crippen molar-refractivity contribution in [3.63, 3.8) is 0 Å². The molecule has 2 saturated carbocycles. The normalized spacial score (nSPS) is 32.4. The van der Waals surface area contributed by atoms with E-state index in [-0.39, 0.29) is 29.7 Å². The van der Waals surface area contributed by atoms with Gasteiger partial charge in [0.2, 0.25) is 5.91 Å². The molecule has 0 radical (unpaired) electrons. The summed E-state index contributed by atoms with van der Waals surface area (Å²) in [5, 5.41) is 50.5. The number of carbonyl (C=O) groups excluding carboxylic acids is 6. The first kappa shape index (κ1) is 47.2. The topological polar surface area (TPSA) is 242 Å². The fraction of sp³-hybridized carbons (Fsp3) is 0.532. The molecule has 2 aromatic carbocycles. The van der Waals surface area contributed by atoms with Crippen molar-refractivity contribution in [1.29, 1.82) is 0 Å². The maximum absolute atomic E-state index is 15.7. The second-order valence-corrected chi connectivity index (χ2v) is 17.9. The molecule has 3 aliphatic carbocycles. The quantitative estimate of drug-likeness (QED) is 0.0891. The van der Waals surface area contributed by atoms with E-state index < -0.39 is 125 Å². The van der Waals surface area contributed by atoms with E-state index in [0.717, 1.165) is 6.92 Å². The molecule has 4 aliphatic rings. The van der Waals surface area contributed by atoms with Gasteiger partial charge in [0.1, 0.15) is 23.9 Å². The minimum Gasteiger partial charge on any atom is -0.456 e. The Hall–Kier alpha value is -5.26. The molecule has 5 N–H and O–H groups in total. The number of allylic oxidation sites excluding steroid dienone is 1. The van der Waals surface area contributed by atoms with E-state index in [1.807, 2.05) is 0 Å². The fourth-order valence-electron chi connectivity index (χ4n) is 10.0. The fourth-order valence-corrected chi connectivity index (χ4v) is 10.0. The average molecular weight is 876 g/mol. The van der Waals surface area contributed by atoms with Crippen LogP contribution in [0, 0.1) is 16.7 Å². The van der Waals surface area contributed by atoms with Crippen molar-refractivity contribution in [2.75, 3.05) is 6.61 Å². The van der Waals surface area contributed by atoms with Gasteiger partial charge in [-0.15, -0.1) is 0 Å². The van der Waals surface area contributed by atoms with E-state index in [2.05, 4.69) is 5.32 Å². The van der Waals surface area contributed by atoms with Crippen LogP contribution in [0.4, 0.5) is 0 Å². The van der Waals surface area contributed by atoms with Crippen LogP contribution in [-0.2, 0) is 47.7 Å². The van der Waals surface area contributed by atoms with Gasteiger partial charge in [-0.25, -0.2) is 9.59 Å². The monoisotopic (exact) mass is 875 g/mol. The lowest BCUT2D eigenvalue weighted by Gasteiger charge is -2.67. The number of hydrogen-bond donors (Lipinski definition) is 5. The van der Waals surface area contributed by atoms with Crippen LogP contribution in [0.2, 0.25) is 0 Å². The lowest BCUT2D eigenvalue weighted by atomic mass is 9.44. The number of rotatable bonds is 12. The lowest BCUT2D eigenvalue weighted by Crippen LogP contribution is -2.82. The van der Waals surface area contributed by atoms with Gasteiger partial charge < -0.3 is 49.4 Å². The number of fused-ring (bicyclic) bond motifs is 5. The van der Waals surface area contributed by atoms with E-state index in [9.17, 15) is 44.4 Å². The Balaban J connectivity index is 1.57. The smallest absolute Gasteiger partial charge is 0.338 e. The third kappa shape index (κ3) is 8.23. The summed E-state index contributed by atoms with van der Waals surface area (Å²) >= 11 is 0. The van der Waals surface area contributed by atoms with E-state index in [0.29, 0.717) is 11.1 Å². The highest BCUT2D eigenvalue weighted by atomic mass is 16.6. The van der Waals surface area contributed by atoms with E-state index in [1.165, 1.54) is 46.8 Å². The van der Waals surface area contributed by atoms with Crippen LogP contribution in [0.25, 0.3) is 0 Å². The Morgan fingerprint density at radius 3 is 2.13 bits per heavy atom. The van der Waals surface area contributed by atoms with Crippen LogP contribution >= 0.6 is 0 Å². The van der Waals surface area contributed by atoms with Gasteiger partial charge in [-0.3, -0.25) is 19.2 Å². The van der Waals surface area contributed by atoms with Crippen molar-refractivity contribution in [2.24, 2.45) is 16.7 Å². The molecule has 63 heavy (non-hydrogen) atoms.